The molecule has 0 spiro atoms. The van der Waals surface area contributed by atoms with Crippen molar-refractivity contribution in [3.63, 3.8) is 0 Å². The maximum atomic E-state index is 12.5. The zero-order valence-electron chi connectivity index (χ0n) is 20.3. The molecule has 0 aliphatic carbocycles. The van der Waals surface area contributed by atoms with E-state index in [2.05, 4.69) is 47.8 Å². The van der Waals surface area contributed by atoms with E-state index < -0.39 is 6.03 Å². The lowest BCUT2D eigenvalue weighted by Crippen LogP contribution is -2.22. The molecule has 3 N–H and O–H groups in total. The van der Waals surface area contributed by atoms with E-state index in [9.17, 15) is 4.79 Å². The van der Waals surface area contributed by atoms with Gasteiger partial charge in [0.1, 0.15) is 18.4 Å². The Bertz CT molecular complexity index is 1170. The van der Waals surface area contributed by atoms with E-state index in [1.165, 1.54) is 6.33 Å². The van der Waals surface area contributed by atoms with Crippen LogP contribution in [-0.4, -0.2) is 53.2 Å². The minimum atomic E-state index is -0.412. The number of hydrogen-bond acceptors (Lipinski definition) is 7. The number of anilines is 3. The van der Waals surface area contributed by atoms with Gasteiger partial charge in [0.25, 0.3) is 0 Å². The lowest BCUT2D eigenvalue weighted by Gasteiger charge is -2.17. The zero-order chi connectivity index (χ0) is 24.6. The van der Waals surface area contributed by atoms with E-state index >= 15 is 0 Å². The Hall–Kier alpha value is -3.90. The number of rotatable bonds is 7. The quantitative estimate of drug-likeness (QED) is 0.358. The molecule has 9 nitrogen and oxygen atoms in total. The number of urea groups is 1. The molecule has 1 aromatic carbocycles. The second kappa shape index (κ2) is 11.3. The van der Waals surface area contributed by atoms with Crippen LogP contribution in [0.1, 0.15) is 43.9 Å². The van der Waals surface area contributed by atoms with Gasteiger partial charge in [-0.05, 0) is 50.7 Å². The largest absolute Gasteiger partial charge is 0.369 e. The molecule has 0 aliphatic heterocycles. The van der Waals surface area contributed by atoms with Crippen LogP contribution < -0.4 is 16.0 Å². The van der Waals surface area contributed by atoms with Gasteiger partial charge >= 0.3 is 6.03 Å². The van der Waals surface area contributed by atoms with Gasteiger partial charge < -0.3 is 20.1 Å². The first-order valence-electron chi connectivity index (χ1n) is 11.1. The number of benzene rings is 1. The van der Waals surface area contributed by atoms with E-state index in [4.69, 9.17) is 4.52 Å². The minimum absolute atomic E-state index is 0.209. The molecule has 0 saturated carbocycles. The van der Waals surface area contributed by atoms with Gasteiger partial charge in [-0.1, -0.05) is 43.8 Å². The van der Waals surface area contributed by atoms with Crippen molar-refractivity contribution in [1.82, 2.24) is 20.0 Å². The summed E-state index contributed by atoms with van der Waals surface area (Å²) < 4.78 is 5.04. The first kappa shape index (κ1) is 24.7. The summed E-state index contributed by atoms with van der Waals surface area (Å²) in [4.78, 5) is 23.0. The summed E-state index contributed by atoms with van der Waals surface area (Å²) in [5.74, 6) is 7.35. The fraction of sp³-hybridized carbons (Fsp3) is 0.360. The highest BCUT2D eigenvalue weighted by molar-refractivity contribution is 5.99. The lowest BCUT2D eigenvalue weighted by molar-refractivity contribution is 0.262. The van der Waals surface area contributed by atoms with E-state index in [1.54, 1.807) is 24.6 Å². The molecule has 34 heavy (non-hydrogen) atoms. The molecule has 0 aliphatic rings. The third kappa shape index (κ3) is 7.32. The summed E-state index contributed by atoms with van der Waals surface area (Å²) >= 11 is 0. The van der Waals surface area contributed by atoms with Gasteiger partial charge in [-0.3, -0.25) is 5.32 Å². The lowest BCUT2D eigenvalue weighted by atomic mass is 9.89. The molecule has 0 bridgehead atoms. The van der Waals surface area contributed by atoms with Gasteiger partial charge in [0.15, 0.2) is 5.82 Å². The molecule has 0 fully saturated rings. The number of carbonyl (C=O) groups is 1. The normalized spacial score (nSPS) is 11.0. The Kier molecular flexibility index (Phi) is 8.22. The van der Waals surface area contributed by atoms with Gasteiger partial charge in [-0.2, -0.15) is 0 Å². The minimum Gasteiger partial charge on any atom is -0.369 e. The van der Waals surface area contributed by atoms with E-state index in [0.717, 1.165) is 30.6 Å². The fourth-order valence-corrected chi connectivity index (χ4v) is 3.11. The van der Waals surface area contributed by atoms with E-state index in [1.807, 2.05) is 47.0 Å². The Morgan fingerprint density at radius 3 is 2.74 bits per heavy atom. The molecule has 0 atom stereocenters. The molecule has 0 unspecified atom stereocenters. The highest BCUT2D eigenvalue weighted by atomic mass is 16.5. The van der Waals surface area contributed by atoms with Crippen molar-refractivity contribution in [1.29, 1.82) is 0 Å². The van der Waals surface area contributed by atoms with Gasteiger partial charge in [-0.15, -0.1) is 0 Å². The molecular weight excluding hydrogens is 430 g/mol. The summed E-state index contributed by atoms with van der Waals surface area (Å²) in [6, 6.07) is 6.89. The maximum Gasteiger partial charge on any atom is 0.324 e. The number of carbonyl (C=O) groups excluding carboxylic acids is 1. The number of nitrogens with zero attached hydrogens (tertiary/aromatic N) is 4. The van der Waals surface area contributed by atoms with Crippen molar-refractivity contribution >= 4 is 23.4 Å². The van der Waals surface area contributed by atoms with Gasteiger partial charge in [0, 0.05) is 29.6 Å². The average molecular weight is 462 g/mol. The topological polar surface area (TPSA) is 108 Å². The molecule has 2 amide bonds. The maximum absolute atomic E-state index is 12.5. The molecule has 2 aromatic heterocycles. The molecule has 3 aromatic rings. The zero-order valence-corrected chi connectivity index (χ0v) is 20.3. The van der Waals surface area contributed by atoms with Crippen molar-refractivity contribution in [3.8, 4) is 11.8 Å². The predicted octanol–water partition coefficient (Wildman–Crippen LogP) is 4.17. The van der Waals surface area contributed by atoms with Crippen LogP contribution in [0.3, 0.4) is 0 Å². The fourth-order valence-electron chi connectivity index (χ4n) is 3.11. The van der Waals surface area contributed by atoms with E-state index in [0.29, 0.717) is 22.9 Å². The van der Waals surface area contributed by atoms with Gasteiger partial charge in [-0.25, -0.2) is 14.8 Å². The molecular formula is C25H31N7O2. The second-order valence-corrected chi connectivity index (χ2v) is 9.11. The van der Waals surface area contributed by atoms with Crippen molar-refractivity contribution in [2.45, 2.75) is 32.6 Å². The van der Waals surface area contributed by atoms with Gasteiger partial charge in [0.05, 0.1) is 5.56 Å². The first-order valence-corrected chi connectivity index (χ1v) is 11.1. The van der Waals surface area contributed by atoms with E-state index in [-0.39, 0.29) is 5.41 Å². The third-order valence-corrected chi connectivity index (χ3v) is 4.86. The molecule has 0 radical (unpaired) electrons. The highest BCUT2D eigenvalue weighted by Gasteiger charge is 2.22. The highest BCUT2D eigenvalue weighted by Crippen LogP contribution is 2.28. The standard InChI is InChI=1S/C25H31N7O2/c1-25(2,3)21-16-34-31-23(21)30-24(33)29-20-9-6-8-18(14-20)10-11-19-15-26-17-28-22(19)27-12-7-13-32(4)5/h6,8-9,14-17H,7,12-13H2,1-5H3,(H,26,27,28)(H2,29,30,31,33). The monoisotopic (exact) mass is 461 g/mol. The van der Waals surface area contributed by atoms with Crippen molar-refractivity contribution in [3.05, 3.63) is 59.7 Å². The van der Waals surface area contributed by atoms with Gasteiger partial charge in [0.2, 0.25) is 0 Å². The average Bonchev–Trinajstić information content (AvgIpc) is 3.24. The summed E-state index contributed by atoms with van der Waals surface area (Å²) in [5.41, 5.74) is 2.68. The van der Waals surface area contributed by atoms with Crippen molar-refractivity contribution in [2.24, 2.45) is 0 Å². The van der Waals surface area contributed by atoms with Crippen molar-refractivity contribution < 1.29 is 9.32 Å². The molecule has 178 valence electrons. The molecule has 9 heteroatoms. The third-order valence-electron chi connectivity index (χ3n) is 4.86. The number of nitrogens with one attached hydrogen (secondary N) is 3. The predicted molar refractivity (Wildman–Crippen MR) is 134 cm³/mol. The molecule has 0 saturated heterocycles. The van der Waals surface area contributed by atoms with Crippen LogP contribution in [0.2, 0.25) is 0 Å². The molecule has 2 heterocycles. The number of aromatic nitrogens is 3. The van der Waals surface area contributed by atoms with Crippen LogP contribution in [0.25, 0.3) is 0 Å². The van der Waals surface area contributed by atoms with Crippen LogP contribution in [0.5, 0.6) is 0 Å². The van der Waals surface area contributed by atoms with Crippen LogP contribution >= 0.6 is 0 Å². The Morgan fingerprint density at radius 2 is 1.97 bits per heavy atom. The SMILES string of the molecule is CN(C)CCCNc1ncncc1C#Cc1cccc(NC(=O)Nc2nocc2C(C)(C)C)c1. The Balaban J connectivity index is 1.65. The number of hydrogen-bond donors (Lipinski definition) is 3. The summed E-state index contributed by atoms with van der Waals surface area (Å²) in [6.45, 7) is 7.84. The van der Waals surface area contributed by atoms with Crippen LogP contribution in [0.4, 0.5) is 22.1 Å². The Morgan fingerprint density at radius 1 is 1.15 bits per heavy atom. The first-order chi connectivity index (χ1) is 16.2. The molecule has 3 rings (SSSR count). The Labute approximate surface area is 200 Å². The van der Waals surface area contributed by atoms with Crippen LogP contribution in [0, 0.1) is 11.8 Å². The van der Waals surface area contributed by atoms with Crippen LogP contribution in [0.15, 0.2) is 47.6 Å². The summed E-state index contributed by atoms with van der Waals surface area (Å²) in [6.07, 6.45) is 5.73. The smallest absolute Gasteiger partial charge is 0.324 e. The second-order valence-electron chi connectivity index (χ2n) is 9.11. The number of amides is 2. The summed E-state index contributed by atoms with van der Waals surface area (Å²) in [5, 5.41) is 12.8. The van der Waals surface area contributed by atoms with Crippen molar-refractivity contribution in [2.75, 3.05) is 43.1 Å². The summed E-state index contributed by atoms with van der Waals surface area (Å²) in [7, 11) is 4.09. The van der Waals surface area contributed by atoms with Crippen LogP contribution in [-0.2, 0) is 5.41 Å².